The van der Waals surface area contributed by atoms with E-state index in [0.717, 1.165) is 48.7 Å². The number of aryl methyl sites for hydroxylation is 2. The Bertz CT molecular complexity index is 1120. The maximum absolute atomic E-state index is 12.8. The third kappa shape index (κ3) is 3.54. The molecule has 1 aromatic carbocycles. The number of rotatable bonds is 5. The van der Waals surface area contributed by atoms with E-state index in [1.165, 1.54) is 0 Å². The minimum atomic E-state index is 0.0118. The molecule has 2 aliphatic heterocycles. The van der Waals surface area contributed by atoms with Crippen LogP contribution in [-0.4, -0.2) is 70.2 Å². The highest BCUT2D eigenvalue weighted by atomic mass is 16.5. The predicted octanol–water partition coefficient (Wildman–Crippen LogP) is 1.65. The van der Waals surface area contributed by atoms with Crippen molar-refractivity contribution in [3.05, 3.63) is 36.4 Å². The topological polar surface area (TPSA) is 85.6 Å². The van der Waals surface area contributed by atoms with Gasteiger partial charge >= 0.3 is 0 Å². The molecule has 2 unspecified atom stereocenters. The highest BCUT2D eigenvalue weighted by Crippen LogP contribution is 2.35. The summed E-state index contributed by atoms with van der Waals surface area (Å²) in [6, 6.07) is 5.70. The summed E-state index contributed by atoms with van der Waals surface area (Å²) in [7, 11) is 3.54. The first-order valence-corrected chi connectivity index (χ1v) is 10.5. The number of anilines is 1. The quantitative estimate of drug-likeness (QED) is 0.618. The summed E-state index contributed by atoms with van der Waals surface area (Å²) in [6.45, 7) is 5.22. The van der Waals surface area contributed by atoms with E-state index in [1.807, 2.05) is 41.6 Å². The van der Waals surface area contributed by atoms with Crippen LogP contribution in [-0.2, 0) is 11.8 Å². The van der Waals surface area contributed by atoms with Gasteiger partial charge < -0.3 is 23.8 Å². The number of nitrogens with zero attached hydrogens (tertiary/aromatic N) is 6. The molecular weight excluding hydrogens is 396 g/mol. The van der Waals surface area contributed by atoms with E-state index >= 15 is 0 Å². The van der Waals surface area contributed by atoms with Gasteiger partial charge in [0.25, 0.3) is 5.91 Å². The monoisotopic (exact) mass is 422 g/mol. The van der Waals surface area contributed by atoms with Crippen LogP contribution in [0.1, 0.15) is 5.56 Å². The minimum Gasteiger partial charge on any atom is -0.493 e. The third-order valence-electron chi connectivity index (χ3n) is 6.29. The zero-order chi connectivity index (χ0) is 21.5. The first kappa shape index (κ1) is 19.6. The first-order valence-electron chi connectivity index (χ1n) is 10.5. The van der Waals surface area contributed by atoms with Crippen LogP contribution >= 0.6 is 0 Å². The van der Waals surface area contributed by atoms with Gasteiger partial charge in [-0.2, -0.15) is 0 Å². The van der Waals surface area contributed by atoms with Crippen LogP contribution in [0.5, 0.6) is 11.5 Å². The number of carbonyl (C=O) groups excluding carboxylic acids is 1. The Kier molecular flexibility index (Phi) is 4.88. The Balaban J connectivity index is 1.21. The summed E-state index contributed by atoms with van der Waals surface area (Å²) >= 11 is 0. The fraction of sp³-hybridized carbons (Fsp3) is 0.455. The second-order valence-electron chi connectivity index (χ2n) is 8.39. The molecule has 2 atom stereocenters. The number of likely N-dealkylation sites (tertiary alicyclic amines) is 1. The Morgan fingerprint density at radius 3 is 2.61 bits per heavy atom. The van der Waals surface area contributed by atoms with Crippen molar-refractivity contribution >= 4 is 22.9 Å². The summed E-state index contributed by atoms with van der Waals surface area (Å²) in [5, 5.41) is 0. The molecule has 2 aliphatic rings. The molecule has 0 N–H and O–H groups in total. The highest BCUT2D eigenvalue weighted by molar-refractivity contribution is 5.83. The smallest absolute Gasteiger partial charge is 0.260 e. The highest BCUT2D eigenvalue weighted by Gasteiger charge is 2.42. The summed E-state index contributed by atoms with van der Waals surface area (Å²) in [5.74, 6) is 2.98. The molecule has 0 aliphatic carbocycles. The summed E-state index contributed by atoms with van der Waals surface area (Å²) < 4.78 is 13.0. The Morgan fingerprint density at radius 1 is 1.10 bits per heavy atom. The van der Waals surface area contributed by atoms with E-state index in [2.05, 4.69) is 19.9 Å². The molecule has 2 aromatic heterocycles. The normalized spacial score (nSPS) is 20.4. The van der Waals surface area contributed by atoms with Gasteiger partial charge in [-0.3, -0.25) is 4.79 Å². The minimum absolute atomic E-state index is 0.0118. The average molecular weight is 422 g/mol. The Labute approximate surface area is 180 Å². The molecule has 9 nitrogen and oxygen atoms in total. The summed E-state index contributed by atoms with van der Waals surface area (Å²) in [5.41, 5.74) is 2.75. The van der Waals surface area contributed by atoms with E-state index < -0.39 is 0 Å². The number of fused-ring (bicyclic) bond motifs is 2. The van der Waals surface area contributed by atoms with Crippen molar-refractivity contribution in [3.63, 3.8) is 0 Å². The molecule has 31 heavy (non-hydrogen) atoms. The molecule has 2 fully saturated rings. The van der Waals surface area contributed by atoms with Crippen LogP contribution in [0.4, 0.5) is 5.82 Å². The molecule has 0 spiro atoms. The largest absolute Gasteiger partial charge is 0.493 e. The Hall–Kier alpha value is -3.36. The van der Waals surface area contributed by atoms with Gasteiger partial charge in [-0.1, -0.05) is 6.07 Å². The maximum atomic E-state index is 12.8. The molecule has 2 saturated heterocycles. The van der Waals surface area contributed by atoms with Gasteiger partial charge in [0, 0.05) is 45.1 Å². The standard InChI is InChI=1S/C22H26N6O3/c1-14-4-5-17(18(6-14)30-3)31-11-19(29)27-7-15-9-28(10-16(15)8-27)22-20-21(23-12-24-22)26(2)13-25-20/h4-6,12-13,15-16H,7-11H2,1-3H3. The lowest BCUT2D eigenvalue weighted by molar-refractivity contribution is -0.132. The number of amides is 1. The van der Waals surface area contributed by atoms with Crippen LogP contribution < -0.4 is 14.4 Å². The lowest BCUT2D eigenvalue weighted by Crippen LogP contribution is -2.36. The number of aromatic nitrogens is 4. The molecule has 1 amide bonds. The lowest BCUT2D eigenvalue weighted by atomic mass is 10.0. The second-order valence-corrected chi connectivity index (χ2v) is 8.39. The number of hydrogen-bond donors (Lipinski definition) is 0. The lowest BCUT2D eigenvalue weighted by Gasteiger charge is -2.22. The number of hydrogen-bond acceptors (Lipinski definition) is 7. The zero-order valence-corrected chi connectivity index (χ0v) is 18.0. The SMILES string of the molecule is COc1cc(C)ccc1OCC(=O)N1CC2CN(c3ncnc4c3ncn4C)CC2C1. The van der Waals surface area contributed by atoms with Crippen LogP contribution in [0.3, 0.4) is 0 Å². The van der Waals surface area contributed by atoms with Gasteiger partial charge in [0.2, 0.25) is 0 Å². The predicted molar refractivity (Wildman–Crippen MR) is 115 cm³/mol. The van der Waals surface area contributed by atoms with Crippen molar-refractivity contribution in [1.29, 1.82) is 0 Å². The van der Waals surface area contributed by atoms with Crippen molar-refractivity contribution < 1.29 is 14.3 Å². The molecule has 0 saturated carbocycles. The molecule has 9 heteroatoms. The van der Waals surface area contributed by atoms with Gasteiger partial charge in [-0.25, -0.2) is 15.0 Å². The second kappa shape index (κ2) is 7.72. The van der Waals surface area contributed by atoms with E-state index in [9.17, 15) is 4.79 Å². The van der Waals surface area contributed by atoms with Crippen molar-refractivity contribution in [1.82, 2.24) is 24.4 Å². The van der Waals surface area contributed by atoms with E-state index in [4.69, 9.17) is 9.47 Å². The molecule has 5 rings (SSSR count). The van der Waals surface area contributed by atoms with Crippen LogP contribution in [0.25, 0.3) is 11.2 Å². The van der Waals surface area contributed by atoms with Crippen molar-refractivity contribution in [2.24, 2.45) is 18.9 Å². The summed E-state index contributed by atoms with van der Waals surface area (Å²) in [6.07, 6.45) is 3.36. The van der Waals surface area contributed by atoms with E-state index in [0.29, 0.717) is 23.3 Å². The van der Waals surface area contributed by atoms with Crippen molar-refractivity contribution in [2.45, 2.75) is 6.92 Å². The molecule has 162 valence electrons. The van der Waals surface area contributed by atoms with Crippen LogP contribution in [0, 0.1) is 18.8 Å². The summed E-state index contributed by atoms with van der Waals surface area (Å²) in [4.78, 5) is 30.3. The van der Waals surface area contributed by atoms with Crippen molar-refractivity contribution in [3.8, 4) is 11.5 Å². The molecule has 4 heterocycles. The zero-order valence-electron chi connectivity index (χ0n) is 18.0. The van der Waals surface area contributed by atoms with Gasteiger partial charge in [0.05, 0.1) is 13.4 Å². The number of ether oxygens (including phenoxy) is 2. The number of benzene rings is 1. The van der Waals surface area contributed by atoms with E-state index in [1.54, 1.807) is 19.8 Å². The number of methoxy groups -OCH3 is 1. The molecular formula is C22H26N6O3. The van der Waals surface area contributed by atoms with Crippen molar-refractivity contribution in [2.75, 3.05) is 44.8 Å². The number of imidazole rings is 1. The Morgan fingerprint density at radius 2 is 1.87 bits per heavy atom. The molecule has 0 bridgehead atoms. The fourth-order valence-corrected chi connectivity index (χ4v) is 4.66. The van der Waals surface area contributed by atoms with Gasteiger partial charge in [0.15, 0.2) is 35.1 Å². The van der Waals surface area contributed by atoms with Gasteiger partial charge in [-0.05, 0) is 24.6 Å². The third-order valence-corrected chi connectivity index (χ3v) is 6.29. The molecule has 0 radical (unpaired) electrons. The fourth-order valence-electron chi connectivity index (χ4n) is 4.66. The first-order chi connectivity index (χ1) is 15.0. The average Bonchev–Trinajstić information content (AvgIpc) is 3.46. The van der Waals surface area contributed by atoms with E-state index in [-0.39, 0.29) is 12.5 Å². The molecule has 3 aromatic rings. The van der Waals surface area contributed by atoms with Gasteiger partial charge in [-0.15, -0.1) is 0 Å². The van der Waals surface area contributed by atoms with Crippen LogP contribution in [0.15, 0.2) is 30.9 Å². The number of carbonyl (C=O) groups is 1. The maximum Gasteiger partial charge on any atom is 0.260 e. The van der Waals surface area contributed by atoms with Gasteiger partial charge in [0.1, 0.15) is 6.33 Å². The van der Waals surface area contributed by atoms with Crippen LogP contribution in [0.2, 0.25) is 0 Å².